The quantitative estimate of drug-likeness (QED) is 0.246. The Morgan fingerprint density at radius 2 is 1.17 bits per heavy atom. The Labute approximate surface area is 219 Å². The molecule has 1 saturated heterocycles. The molecule has 3 aromatic carbocycles. The van der Waals surface area contributed by atoms with E-state index in [0.717, 1.165) is 29.5 Å². The molecule has 1 fully saturated rings. The van der Waals surface area contributed by atoms with Crippen LogP contribution >= 0.6 is 23.5 Å². The third-order valence-corrected chi connectivity index (χ3v) is 9.69. The Balaban J connectivity index is 1.62. The molecule has 186 valence electrons. The maximum atomic E-state index is 7.00. The number of hydrogen-bond donors (Lipinski definition) is 0. The van der Waals surface area contributed by atoms with Crippen molar-refractivity contribution in [1.29, 1.82) is 0 Å². The monoisotopic (exact) mass is 508 g/mol. The van der Waals surface area contributed by atoms with Crippen molar-refractivity contribution < 1.29 is 14.2 Å². The number of rotatable bonds is 12. The maximum Gasteiger partial charge on any atom is 0.143 e. The fourth-order valence-corrected chi connectivity index (χ4v) is 7.66. The third-order valence-electron chi connectivity index (χ3n) is 6.61. The first-order valence-corrected chi connectivity index (χ1v) is 14.5. The molecule has 5 heteroatoms. The molecular weight excluding hydrogens is 472 g/mol. The molecule has 0 unspecified atom stereocenters. The molecular formula is C30H36O3S2. The Bertz CT molecular complexity index is 882. The van der Waals surface area contributed by atoms with E-state index in [1.165, 1.54) is 17.9 Å². The highest BCUT2D eigenvalue weighted by molar-refractivity contribution is 8.17. The minimum absolute atomic E-state index is 0.0249. The van der Waals surface area contributed by atoms with E-state index < -0.39 is 5.60 Å². The fraction of sp³-hybridized carbons (Fsp3) is 0.400. The number of hydrogen-bond acceptors (Lipinski definition) is 5. The van der Waals surface area contributed by atoms with Crippen LogP contribution in [-0.4, -0.2) is 49.1 Å². The summed E-state index contributed by atoms with van der Waals surface area (Å²) in [6.45, 7) is 0.415. The first kappa shape index (κ1) is 26.3. The molecule has 0 N–H and O–H groups in total. The first-order valence-electron chi connectivity index (χ1n) is 12.4. The van der Waals surface area contributed by atoms with Gasteiger partial charge in [-0.3, -0.25) is 0 Å². The molecule has 2 atom stereocenters. The van der Waals surface area contributed by atoms with Gasteiger partial charge in [0.2, 0.25) is 0 Å². The summed E-state index contributed by atoms with van der Waals surface area (Å²) in [6, 6.07) is 31.5. The van der Waals surface area contributed by atoms with Gasteiger partial charge in [0.15, 0.2) is 0 Å². The molecule has 0 radical (unpaired) electrons. The molecule has 0 bridgehead atoms. The van der Waals surface area contributed by atoms with Crippen molar-refractivity contribution in [3.05, 3.63) is 108 Å². The zero-order valence-electron chi connectivity index (χ0n) is 20.7. The lowest BCUT2D eigenvalue weighted by molar-refractivity contribution is -0.105. The van der Waals surface area contributed by atoms with Crippen LogP contribution in [0.15, 0.2) is 91.0 Å². The van der Waals surface area contributed by atoms with Gasteiger partial charge in [0.1, 0.15) is 11.7 Å². The second kappa shape index (κ2) is 13.5. The van der Waals surface area contributed by atoms with Crippen LogP contribution in [0, 0.1) is 0 Å². The molecule has 3 aromatic rings. The smallest absolute Gasteiger partial charge is 0.143 e. The lowest BCUT2D eigenvalue weighted by Crippen LogP contribution is -2.40. The van der Waals surface area contributed by atoms with E-state index in [2.05, 4.69) is 96.3 Å². The van der Waals surface area contributed by atoms with Gasteiger partial charge < -0.3 is 14.2 Å². The largest absolute Gasteiger partial charge is 0.379 e. The zero-order valence-corrected chi connectivity index (χ0v) is 22.3. The summed E-state index contributed by atoms with van der Waals surface area (Å²) >= 11 is 4.16. The van der Waals surface area contributed by atoms with Crippen LogP contribution < -0.4 is 0 Å². The molecule has 0 spiro atoms. The van der Waals surface area contributed by atoms with Gasteiger partial charge in [0, 0.05) is 14.2 Å². The summed E-state index contributed by atoms with van der Waals surface area (Å²) in [5.74, 6) is 2.53. The van der Waals surface area contributed by atoms with Crippen molar-refractivity contribution in [2.45, 2.75) is 41.7 Å². The van der Waals surface area contributed by atoms with E-state index in [1.54, 1.807) is 14.2 Å². The molecule has 0 aromatic heterocycles. The summed E-state index contributed by atoms with van der Waals surface area (Å²) in [4.78, 5) is 0. The lowest BCUT2D eigenvalue weighted by atomic mass is 9.80. The van der Waals surface area contributed by atoms with Gasteiger partial charge in [0.05, 0.1) is 17.3 Å². The second-order valence-corrected chi connectivity index (χ2v) is 11.7. The average molecular weight is 509 g/mol. The fourth-order valence-electron chi connectivity index (χ4n) is 4.76. The Morgan fingerprint density at radius 1 is 0.714 bits per heavy atom. The molecule has 0 amide bonds. The Kier molecular flexibility index (Phi) is 10.2. The summed E-state index contributed by atoms with van der Waals surface area (Å²) < 4.78 is 19.6. The van der Waals surface area contributed by atoms with Crippen LogP contribution in [0.5, 0.6) is 0 Å². The highest BCUT2D eigenvalue weighted by Gasteiger charge is 2.39. The molecule has 0 aliphatic carbocycles. The maximum absolute atomic E-state index is 7.00. The van der Waals surface area contributed by atoms with Gasteiger partial charge in [-0.1, -0.05) is 91.0 Å². The van der Waals surface area contributed by atoms with Gasteiger partial charge in [-0.2, -0.15) is 0 Å². The SMILES string of the molecule is CO[C@@H](CCC1SCCCS1)[C@@H](COC(c1ccccc1)(c1ccccc1)c1ccccc1)OC. The van der Waals surface area contributed by atoms with E-state index in [1.807, 2.05) is 18.2 Å². The summed E-state index contributed by atoms with van der Waals surface area (Å²) in [7, 11) is 3.55. The van der Waals surface area contributed by atoms with Gasteiger partial charge >= 0.3 is 0 Å². The number of thioether (sulfide) groups is 2. The number of methoxy groups -OCH3 is 2. The summed E-state index contributed by atoms with van der Waals surface area (Å²) in [6.07, 6.45) is 3.19. The predicted molar refractivity (Wildman–Crippen MR) is 149 cm³/mol. The normalized spacial score (nSPS) is 16.6. The Morgan fingerprint density at radius 3 is 1.60 bits per heavy atom. The van der Waals surface area contributed by atoms with Crippen LogP contribution in [0.25, 0.3) is 0 Å². The van der Waals surface area contributed by atoms with Crippen LogP contribution in [0.3, 0.4) is 0 Å². The van der Waals surface area contributed by atoms with Crippen LogP contribution in [0.1, 0.15) is 36.0 Å². The molecule has 1 aliphatic rings. The standard InChI is InChI=1S/C30H36O3S2/c1-31-27(19-20-29-34-21-12-22-35-29)28(32-2)23-33-30(24-13-6-3-7-14-24,25-15-8-4-9-16-25)26-17-10-5-11-18-26/h3-11,13-18,27-29H,12,19-23H2,1-2H3/t27-,28+/m0/s1. The predicted octanol–water partition coefficient (Wildman–Crippen LogP) is 7.00. The highest BCUT2D eigenvalue weighted by Crippen LogP contribution is 2.41. The van der Waals surface area contributed by atoms with E-state index in [4.69, 9.17) is 14.2 Å². The highest BCUT2D eigenvalue weighted by atomic mass is 32.2. The summed E-state index contributed by atoms with van der Waals surface area (Å²) in [5, 5.41) is 0. The van der Waals surface area contributed by atoms with Crippen molar-refractivity contribution >= 4 is 23.5 Å². The lowest BCUT2D eigenvalue weighted by Gasteiger charge is -2.38. The van der Waals surface area contributed by atoms with Crippen LogP contribution in [0.4, 0.5) is 0 Å². The molecule has 3 nitrogen and oxygen atoms in total. The van der Waals surface area contributed by atoms with Gasteiger partial charge in [0.25, 0.3) is 0 Å². The molecule has 35 heavy (non-hydrogen) atoms. The number of ether oxygens (including phenoxy) is 3. The minimum Gasteiger partial charge on any atom is -0.379 e. The second-order valence-electron chi connectivity index (χ2n) is 8.74. The minimum atomic E-state index is -0.756. The van der Waals surface area contributed by atoms with Crippen molar-refractivity contribution in [2.24, 2.45) is 0 Å². The average Bonchev–Trinajstić information content (AvgIpc) is 2.94. The molecule has 1 heterocycles. The van der Waals surface area contributed by atoms with E-state index in [9.17, 15) is 0 Å². The van der Waals surface area contributed by atoms with Crippen LogP contribution in [0.2, 0.25) is 0 Å². The topological polar surface area (TPSA) is 27.7 Å². The zero-order chi connectivity index (χ0) is 24.3. The Hall–Kier alpha value is -1.76. The molecule has 1 aliphatic heterocycles. The first-order chi connectivity index (χ1) is 17.3. The summed E-state index contributed by atoms with van der Waals surface area (Å²) in [5.41, 5.74) is 2.53. The third kappa shape index (κ3) is 6.52. The van der Waals surface area contributed by atoms with E-state index >= 15 is 0 Å². The van der Waals surface area contributed by atoms with E-state index in [0.29, 0.717) is 11.2 Å². The van der Waals surface area contributed by atoms with Crippen LogP contribution in [-0.2, 0) is 19.8 Å². The molecule has 0 saturated carbocycles. The van der Waals surface area contributed by atoms with Gasteiger partial charge in [-0.05, 0) is 47.5 Å². The van der Waals surface area contributed by atoms with E-state index in [-0.39, 0.29) is 12.2 Å². The van der Waals surface area contributed by atoms with Crippen molar-refractivity contribution in [1.82, 2.24) is 0 Å². The van der Waals surface area contributed by atoms with Gasteiger partial charge in [-0.15, -0.1) is 23.5 Å². The molecule has 4 rings (SSSR count). The van der Waals surface area contributed by atoms with Crippen molar-refractivity contribution in [3.63, 3.8) is 0 Å². The number of benzene rings is 3. The van der Waals surface area contributed by atoms with Crippen molar-refractivity contribution in [2.75, 3.05) is 32.3 Å². The van der Waals surface area contributed by atoms with Gasteiger partial charge in [-0.25, -0.2) is 0 Å². The van der Waals surface area contributed by atoms with Crippen molar-refractivity contribution in [3.8, 4) is 0 Å².